The SMILES string of the molecule is CCCC(NC(=O)C1(C)CSC(C(C)(OCC)OCC)=N1)c1cc(OC)cc(=O)o1. The highest BCUT2D eigenvalue weighted by atomic mass is 32.2. The summed E-state index contributed by atoms with van der Waals surface area (Å²) < 4.78 is 22.1. The number of carbonyl (C=O) groups excluding carboxylic acids is 1. The van der Waals surface area contributed by atoms with Crippen LogP contribution in [-0.4, -0.2) is 48.4 Å². The van der Waals surface area contributed by atoms with E-state index in [9.17, 15) is 9.59 Å². The van der Waals surface area contributed by atoms with Gasteiger partial charge in [0.2, 0.25) is 11.7 Å². The molecule has 2 atom stereocenters. The predicted octanol–water partition coefficient (Wildman–Crippen LogP) is 3.30. The fourth-order valence-corrected chi connectivity index (χ4v) is 4.47. The first-order valence-electron chi connectivity index (χ1n) is 10.2. The van der Waals surface area contributed by atoms with Gasteiger partial charge in [-0.25, -0.2) is 4.79 Å². The van der Waals surface area contributed by atoms with Gasteiger partial charge in [-0.2, -0.15) is 0 Å². The molecule has 2 unspecified atom stereocenters. The van der Waals surface area contributed by atoms with Gasteiger partial charge in [-0.1, -0.05) is 13.3 Å². The van der Waals surface area contributed by atoms with Crippen LogP contribution in [0.15, 0.2) is 26.3 Å². The molecule has 0 bridgehead atoms. The molecule has 0 saturated heterocycles. The van der Waals surface area contributed by atoms with E-state index in [0.717, 1.165) is 6.42 Å². The third-order valence-electron chi connectivity index (χ3n) is 4.78. The van der Waals surface area contributed by atoms with Crippen LogP contribution in [0.4, 0.5) is 0 Å². The predicted molar refractivity (Wildman–Crippen MR) is 117 cm³/mol. The second-order valence-corrected chi connectivity index (χ2v) is 8.29. The third kappa shape index (κ3) is 5.65. The van der Waals surface area contributed by atoms with E-state index in [2.05, 4.69) is 10.3 Å². The minimum atomic E-state index is -0.986. The van der Waals surface area contributed by atoms with Crippen LogP contribution in [0.5, 0.6) is 5.75 Å². The fraction of sp³-hybridized carbons (Fsp3) is 0.667. The van der Waals surface area contributed by atoms with Gasteiger partial charge in [0.25, 0.3) is 0 Å². The van der Waals surface area contributed by atoms with Crippen molar-refractivity contribution in [2.75, 3.05) is 26.1 Å². The number of ether oxygens (including phenoxy) is 3. The van der Waals surface area contributed by atoms with Crippen LogP contribution in [0, 0.1) is 0 Å². The lowest BCUT2D eigenvalue weighted by atomic mass is 10.0. The quantitative estimate of drug-likeness (QED) is 0.527. The van der Waals surface area contributed by atoms with Crippen molar-refractivity contribution in [3.05, 3.63) is 28.3 Å². The minimum absolute atomic E-state index is 0.246. The Morgan fingerprint density at radius 1 is 1.33 bits per heavy atom. The van der Waals surface area contributed by atoms with Gasteiger partial charge in [0.1, 0.15) is 22.1 Å². The summed E-state index contributed by atoms with van der Waals surface area (Å²) in [6, 6.07) is 2.43. The highest BCUT2D eigenvalue weighted by molar-refractivity contribution is 8.14. The number of methoxy groups -OCH3 is 1. The number of nitrogens with one attached hydrogen (secondary N) is 1. The lowest BCUT2D eigenvalue weighted by Gasteiger charge is -2.28. The highest BCUT2D eigenvalue weighted by Crippen LogP contribution is 2.35. The lowest BCUT2D eigenvalue weighted by Crippen LogP contribution is -2.45. The zero-order valence-corrected chi connectivity index (χ0v) is 19.4. The largest absolute Gasteiger partial charge is 0.496 e. The van der Waals surface area contributed by atoms with Crippen molar-refractivity contribution in [2.24, 2.45) is 4.99 Å². The number of carbonyl (C=O) groups is 1. The first-order valence-corrected chi connectivity index (χ1v) is 11.2. The molecule has 1 aliphatic heterocycles. The molecule has 0 aliphatic carbocycles. The average molecular weight is 441 g/mol. The summed E-state index contributed by atoms with van der Waals surface area (Å²) in [4.78, 5) is 29.7. The van der Waals surface area contributed by atoms with E-state index in [0.29, 0.717) is 41.9 Å². The van der Waals surface area contributed by atoms with Gasteiger partial charge < -0.3 is 23.9 Å². The Balaban J connectivity index is 2.26. The Morgan fingerprint density at radius 2 is 2.00 bits per heavy atom. The number of nitrogens with zero attached hydrogens (tertiary/aromatic N) is 1. The van der Waals surface area contributed by atoms with Gasteiger partial charge in [0.05, 0.1) is 19.2 Å². The van der Waals surface area contributed by atoms with Gasteiger partial charge in [-0.05, 0) is 34.1 Å². The number of rotatable bonds is 11. The van der Waals surface area contributed by atoms with Crippen molar-refractivity contribution >= 4 is 22.7 Å². The van der Waals surface area contributed by atoms with Crippen molar-refractivity contribution < 1.29 is 23.4 Å². The number of hydrogen-bond acceptors (Lipinski definition) is 8. The van der Waals surface area contributed by atoms with Crippen molar-refractivity contribution in [1.29, 1.82) is 0 Å². The standard InChI is InChI=1S/C21H32N2O6S/c1-7-10-15(16-11-14(26-6)12-17(24)29-16)22-18(25)20(4)13-30-19(23-20)21(5,27-8-2)28-9-3/h11-12,15H,7-10,13H2,1-6H3,(H,22,25). The van der Waals surface area contributed by atoms with Gasteiger partial charge in [0.15, 0.2) is 0 Å². The van der Waals surface area contributed by atoms with Crippen LogP contribution in [-0.2, 0) is 14.3 Å². The molecular weight excluding hydrogens is 408 g/mol. The summed E-state index contributed by atoms with van der Waals surface area (Å²) in [5.74, 6) is -0.00568. The molecule has 168 valence electrons. The topological polar surface area (TPSA) is 99.4 Å². The van der Waals surface area contributed by atoms with Gasteiger partial charge in [-0.3, -0.25) is 9.79 Å². The summed E-state index contributed by atoms with van der Waals surface area (Å²) in [5, 5.41) is 3.64. The van der Waals surface area contributed by atoms with Crippen LogP contribution in [0.1, 0.15) is 59.3 Å². The van der Waals surface area contributed by atoms with Gasteiger partial charge >= 0.3 is 5.63 Å². The summed E-state index contributed by atoms with van der Waals surface area (Å²) in [7, 11) is 1.48. The van der Waals surface area contributed by atoms with Crippen LogP contribution in [0.3, 0.4) is 0 Å². The molecule has 30 heavy (non-hydrogen) atoms. The Morgan fingerprint density at radius 3 is 2.57 bits per heavy atom. The maximum atomic E-state index is 13.2. The molecule has 1 amide bonds. The van der Waals surface area contributed by atoms with Gasteiger partial charge in [0, 0.05) is 25.0 Å². The third-order valence-corrected chi connectivity index (χ3v) is 6.22. The molecule has 0 fully saturated rings. The lowest BCUT2D eigenvalue weighted by molar-refractivity contribution is -0.169. The van der Waals surface area contributed by atoms with Crippen LogP contribution in [0.2, 0.25) is 0 Å². The molecule has 2 heterocycles. The van der Waals surface area contributed by atoms with E-state index in [1.54, 1.807) is 13.0 Å². The number of hydrogen-bond donors (Lipinski definition) is 1. The zero-order valence-electron chi connectivity index (χ0n) is 18.6. The molecule has 0 spiro atoms. The van der Waals surface area contributed by atoms with Crippen LogP contribution >= 0.6 is 11.8 Å². The van der Waals surface area contributed by atoms with E-state index in [-0.39, 0.29) is 5.91 Å². The molecule has 1 aromatic rings. The number of amides is 1. The van der Waals surface area contributed by atoms with E-state index < -0.39 is 23.0 Å². The van der Waals surface area contributed by atoms with Crippen LogP contribution < -0.4 is 15.7 Å². The Kier molecular flexibility index (Phi) is 8.52. The van der Waals surface area contributed by atoms with Crippen LogP contribution in [0.25, 0.3) is 0 Å². The summed E-state index contributed by atoms with van der Waals surface area (Å²) >= 11 is 1.45. The Hall–Kier alpha value is -1.84. The molecule has 1 N–H and O–H groups in total. The minimum Gasteiger partial charge on any atom is -0.496 e. The summed E-state index contributed by atoms with van der Waals surface area (Å²) in [6.45, 7) is 10.3. The number of aliphatic imine (C=N–C) groups is 1. The van der Waals surface area contributed by atoms with Crippen molar-refractivity contribution in [1.82, 2.24) is 5.32 Å². The summed E-state index contributed by atoms with van der Waals surface area (Å²) in [6.07, 6.45) is 1.40. The second kappa shape index (κ2) is 10.5. The monoisotopic (exact) mass is 440 g/mol. The Bertz CT molecular complexity index is 818. The molecule has 0 saturated carbocycles. The van der Waals surface area contributed by atoms with Crippen molar-refractivity contribution in [3.63, 3.8) is 0 Å². The van der Waals surface area contributed by atoms with Crippen molar-refractivity contribution in [3.8, 4) is 5.75 Å². The number of thioether (sulfide) groups is 1. The molecule has 1 aromatic heterocycles. The molecule has 0 radical (unpaired) electrons. The van der Waals surface area contributed by atoms with E-state index in [4.69, 9.17) is 18.6 Å². The Labute approximate surface area is 181 Å². The molecule has 0 aromatic carbocycles. The van der Waals surface area contributed by atoms with Gasteiger partial charge in [-0.15, -0.1) is 11.8 Å². The molecular formula is C21H32N2O6S. The first kappa shape index (κ1) is 24.4. The maximum absolute atomic E-state index is 13.2. The van der Waals surface area contributed by atoms with E-state index in [1.807, 2.05) is 27.7 Å². The highest BCUT2D eigenvalue weighted by Gasteiger charge is 2.45. The fourth-order valence-electron chi connectivity index (χ4n) is 3.21. The normalized spacial score (nSPS) is 20.0. The molecule has 8 nitrogen and oxygen atoms in total. The molecule has 2 rings (SSSR count). The smallest absolute Gasteiger partial charge is 0.339 e. The first-order chi connectivity index (χ1) is 14.2. The van der Waals surface area contributed by atoms with E-state index in [1.165, 1.54) is 24.9 Å². The zero-order chi connectivity index (χ0) is 22.4. The van der Waals surface area contributed by atoms with Crippen molar-refractivity contribution in [2.45, 2.75) is 64.8 Å². The summed E-state index contributed by atoms with van der Waals surface area (Å²) in [5.41, 5.74) is -1.51. The molecule has 9 heteroatoms. The second-order valence-electron chi connectivity index (χ2n) is 7.32. The van der Waals surface area contributed by atoms with E-state index >= 15 is 0 Å². The average Bonchev–Trinajstić information content (AvgIpc) is 3.12. The maximum Gasteiger partial charge on any atom is 0.339 e. The molecule has 1 aliphatic rings.